The van der Waals surface area contributed by atoms with E-state index in [0.717, 1.165) is 16.6 Å². The number of hydrazone groups is 1. The number of benzene rings is 3. The number of carbonyl (C=O) groups excluding carboxylic acids is 1. The van der Waals surface area contributed by atoms with Crippen molar-refractivity contribution in [3.05, 3.63) is 76.8 Å². The zero-order chi connectivity index (χ0) is 25.5. The van der Waals surface area contributed by atoms with E-state index in [2.05, 4.69) is 15.1 Å². The Labute approximate surface area is 218 Å². The van der Waals surface area contributed by atoms with Crippen LogP contribution in [0.15, 0.2) is 70.9 Å². The van der Waals surface area contributed by atoms with Gasteiger partial charge in [0.2, 0.25) is 0 Å². The molecule has 0 aliphatic rings. The lowest BCUT2D eigenvalue weighted by atomic mass is 10.2. The van der Waals surface area contributed by atoms with Crippen molar-refractivity contribution in [3.8, 4) is 17.2 Å². The van der Waals surface area contributed by atoms with Crippen LogP contribution in [-0.4, -0.2) is 48.8 Å². The van der Waals surface area contributed by atoms with Crippen LogP contribution in [0, 0.1) is 0 Å². The van der Waals surface area contributed by atoms with E-state index in [1.807, 2.05) is 48.5 Å². The maximum absolute atomic E-state index is 12.6. The summed E-state index contributed by atoms with van der Waals surface area (Å²) in [6, 6.07) is 19.0. The van der Waals surface area contributed by atoms with Gasteiger partial charge in [-0.15, -0.1) is 0 Å². The molecule has 36 heavy (non-hydrogen) atoms. The molecule has 4 rings (SSSR count). The van der Waals surface area contributed by atoms with Crippen LogP contribution in [0.5, 0.6) is 17.2 Å². The second kappa shape index (κ2) is 11.8. The van der Waals surface area contributed by atoms with Crippen molar-refractivity contribution in [3.63, 3.8) is 0 Å². The van der Waals surface area contributed by atoms with Gasteiger partial charge in [0.25, 0.3) is 5.91 Å². The number of fused-ring (bicyclic) bond motifs is 1. The number of methoxy groups -OCH3 is 3. The summed E-state index contributed by atoms with van der Waals surface area (Å²) < 4.78 is 18.1. The van der Waals surface area contributed by atoms with Crippen LogP contribution in [0.1, 0.15) is 11.1 Å². The third kappa shape index (κ3) is 5.75. The summed E-state index contributed by atoms with van der Waals surface area (Å²) >= 11 is 7.72. The van der Waals surface area contributed by atoms with Gasteiger partial charge >= 0.3 is 0 Å². The van der Waals surface area contributed by atoms with E-state index in [-0.39, 0.29) is 11.7 Å². The molecule has 0 saturated carbocycles. The summed E-state index contributed by atoms with van der Waals surface area (Å²) in [5.74, 6) is 1.44. The van der Waals surface area contributed by atoms with Gasteiger partial charge in [0.15, 0.2) is 5.16 Å². The van der Waals surface area contributed by atoms with Crippen molar-refractivity contribution in [2.24, 2.45) is 5.10 Å². The Morgan fingerprint density at radius 2 is 1.75 bits per heavy atom. The van der Waals surface area contributed by atoms with Crippen LogP contribution in [0.4, 0.5) is 0 Å². The molecule has 8 nitrogen and oxygen atoms in total. The standard InChI is InChI=1S/C26H25ClN4O4S/c1-33-18-12-23(34-2)19(24(13-18)35-3)14-28-30-25(32)16-36-26-29-21-10-6-7-11-22(21)31(26)15-17-8-4-5-9-20(17)27/h4-14H,15-16H2,1-3H3,(H,30,32). The molecule has 0 fully saturated rings. The number of imidazole rings is 1. The van der Waals surface area contributed by atoms with E-state index in [9.17, 15) is 4.79 Å². The fourth-order valence-electron chi connectivity index (χ4n) is 3.60. The van der Waals surface area contributed by atoms with Gasteiger partial charge in [-0.3, -0.25) is 4.79 Å². The highest BCUT2D eigenvalue weighted by Crippen LogP contribution is 2.32. The smallest absolute Gasteiger partial charge is 0.250 e. The molecule has 1 aromatic heterocycles. The Hall–Kier alpha value is -3.69. The van der Waals surface area contributed by atoms with Crippen LogP contribution in [0.25, 0.3) is 11.0 Å². The minimum absolute atomic E-state index is 0.125. The molecule has 1 amide bonds. The van der Waals surface area contributed by atoms with E-state index < -0.39 is 0 Å². The van der Waals surface area contributed by atoms with Crippen molar-refractivity contribution in [2.75, 3.05) is 27.1 Å². The Morgan fingerprint density at radius 3 is 2.44 bits per heavy atom. The molecule has 3 aromatic carbocycles. The number of para-hydroxylation sites is 2. The Bertz CT molecular complexity index is 1380. The van der Waals surface area contributed by atoms with E-state index >= 15 is 0 Å². The number of nitrogens with zero attached hydrogens (tertiary/aromatic N) is 3. The first-order valence-corrected chi connectivity index (χ1v) is 12.3. The number of amides is 1. The minimum Gasteiger partial charge on any atom is -0.496 e. The zero-order valence-electron chi connectivity index (χ0n) is 20.0. The van der Waals surface area contributed by atoms with E-state index in [1.54, 1.807) is 19.2 Å². The van der Waals surface area contributed by atoms with Crippen molar-refractivity contribution in [1.29, 1.82) is 0 Å². The van der Waals surface area contributed by atoms with E-state index in [4.69, 9.17) is 30.8 Å². The highest BCUT2D eigenvalue weighted by atomic mass is 35.5. The predicted molar refractivity (Wildman–Crippen MR) is 143 cm³/mol. The lowest BCUT2D eigenvalue weighted by molar-refractivity contribution is -0.118. The topological polar surface area (TPSA) is 87.0 Å². The molecule has 1 heterocycles. The number of thioether (sulfide) groups is 1. The van der Waals surface area contributed by atoms with Gasteiger partial charge in [0, 0.05) is 17.2 Å². The molecular weight excluding hydrogens is 500 g/mol. The van der Waals surface area contributed by atoms with Crippen LogP contribution >= 0.6 is 23.4 Å². The number of hydrogen-bond acceptors (Lipinski definition) is 7. The largest absolute Gasteiger partial charge is 0.496 e. The highest BCUT2D eigenvalue weighted by Gasteiger charge is 2.15. The summed E-state index contributed by atoms with van der Waals surface area (Å²) in [5, 5.41) is 5.49. The molecule has 186 valence electrons. The summed E-state index contributed by atoms with van der Waals surface area (Å²) in [5.41, 5.74) is 5.93. The average Bonchev–Trinajstić information content (AvgIpc) is 3.25. The third-order valence-electron chi connectivity index (χ3n) is 5.37. The van der Waals surface area contributed by atoms with Crippen LogP contribution in [-0.2, 0) is 11.3 Å². The molecule has 4 aromatic rings. The van der Waals surface area contributed by atoms with Gasteiger partial charge in [-0.1, -0.05) is 53.7 Å². The van der Waals surface area contributed by atoms with Crippen molar-refractivity contribution in [2.45, 2.75) is 11.7 Å². The lowest BCUT2D eigenvalue weighted by Crippen LogP contribution is -2.20. The van der Waals surface area contributed by atoms with Crippen LogP contribution in [0.2, 0.25) is 5.02 Å². The molecule has 0 spiro atoms. The number of halogens is 1. The maximum atomic E-state index is 12.6. The normalized spacial score (nSPS) is 11.1. The van der Waals surface area contributed by atoms with Gasteiger partial charge in [0.1, 0.15) is 17.2 Å². The van der Waals surface area contributed by atoms with Gasteiger partial charge in [-0.25, -0.2) is 10.4 Å². The molecule has 0 bridgehead atoms. The average molecular weight is 525 g/mol. The number of nitrogens with one attached hydrogen (secondary N) is 1. The number of hydrogen-bond donors (Lipinski definition) is 1. The molecule has 0 saturated heterocycles. The first-order valence-electron chi connectivity index (χ1n) is 11.0. The fourth-order valence-corrected chi connectivity index (χ4v) is 4.61. The number of aromatic nitrogens is 2. The van der Waals surface area contributed by atoms with Crippen molar-refractivity contribution >= 4 is 46.5 Å². The van der Waals surface area contributed by atoms with Gasteiger partial charge in [-0.2, -0.15) is 5.10 Å². The molecular formula is C26H25ClN4O4S. The molecule has 0 aliphatic heterocycles. The quantitative estimate of drug-likeness (QED) is 0.178. The Kier molecular flexibility index (Phi) is 8.35. The van der Waals surface area contributed by atoms with Crippen LogP contribution < -0.4 is 19.6 Å². The molecule has 1 N–H and O–H groups in total. The maximum Gasteiger partial charge on any atom is 0.250 e. The molecule has 0 aliphatic carbocycles. The minimum atomic E-state index is -0.279. The zero-order valence-corrected chi connectivity index (χ0v) is 21.6. The SMILES string of the molecule is COc1cc(OC)c(C=NNC(=O)CSc2nc3ccccc3n2Cc2ccccc2Cl)c(OC)c1. The Balaban J connectivity index is 1.47. The van der Waals surface area contributed by atoms with Crippen molar-refractivity contribution in [1.82, 2.24) is 15.0 Å². The van der Waals surface area contributed by atoms with Gasteiger partial charge < -0.3 is 18.8 Å². The van der Waals surface area contributed by atoms with E-state index in [0.29, 0.717) is 39.5 Å². The monoisotopic (exact) mass is 524 g/mol. The summed E-state index contributed by atoms with van der Waals surface area (Å²) in [4.78, 5) is 17.3. The summed E-state index contributed by atoms with van der Waals surface area (Å²) in [6.07, 6.45) is 1.48. The third-order valence-corrected chi connectivity index (χ3v) is 6.72. The molecule has 0 unspecified atom stereocenters. The second-order valence-electron chi connectivity index (χ2n) is 7.59. The Morgan fingerprint density at radius 1 is 1.06 bits per heavy atom. The molecule has 0 radical (unpaired) electrons. The summed E-state index contributed by atoms with van der Waals surface area (Å²) in [7, 11) is 4.63. The fraction of sp³-hybridized carbons (Fsp3) is 0.192. The lowest BCUT2D eigenvalue weighted by Gasteiger charge is -2.12. The number of rotatable bonds is 10. The molecule has 10 heteroatoms. The number of carbonyl (C=O) groups is 1. The second-order valence-corrected chi connectivity index (χ2v) is 8.94. The highest BCUT2D eigenvalue weighted by molar-refractivity contribution is 7.99. The van der Waals surface area contributed by atoms with Crippen molar-refractivity contribution < 1.29 is 19.0 Å². The summed E-state index contributed by atoms with van der Waals surface area (Å²) in [6.45, 7) is 0.541. The predicted octanol–water partition coefficient (Wildman–Crippen LogP) is 5.01. The van der Waals surface area contributed by atoms with Crippen LogP contribution in [0.3, 0.4) is 0 Å². The molecule has 0 atom stereocenters. The first-order chi connectivity index (χ1) is 17.5. The van der Waals surface area contributed by atoms with E-state index in [1.165, 1.54) is 32.2 Å². The number of ether oxygens (including phenoxy) is 3. The van der Waals surface area contributed by atoms with Gasteiger partial charge in [-0.05, 0) is 23.8 Å². The first kappa shape index (κ1) is 25.4. The van der Waals surface area contributed by atoms with Gasteiger partial charge in [0.05, 0.1) is 56.4 Å².